The lowest BCUT2D eigenvalue weighted by molar-refractivity contribution is 0.465. The molecule has 3 N–H and O–H groups in total. The van der Waals surface area contributed by atoms with Gasteiger partial charge in [-0.3, -0.25) is 0 Å². The summed E-state index contributed by atoms with van der Waals surface area (Å²) in [6.45, 7) is 5.05. The number of rotatable bonds is 5. The molecule has 1 aromatic rings. The summed E-state index contributed by atoms with van der Waals surface area (Å²) in [5.41, 5.74) is 6.93. The van der Waals surface area contributed by atoms with Gasteiger partial charge in [-0.25, -0.2) is 0 Å². The van der Waals surface area contributed by atoms with E-state index in [1.807, 2.05) is 24.3 Å². The number of benzene rings is 1. The third-order valence-electron chi connectivity index (χ3n) is 2.17. The summed E-state index contributed by atoms with van der Waals surface area (Å²) in [4.78, 5) is 0. The van der Waals surface area contributed by atoms with Gasteiger partial charge in [0.1, 0.15) is 0 Å². The van der Waals surface area contributed by atoms with Crippen molar-refractivity contribution in [1.82, 2.24) is 0 Å². The van der Waals surface area contributed by atoms with Crippen LogP contribution in [0.5, 0.6) is 0 Å². The van der Waals surface area contributed by atoms with Crippen LogP contribution in [0.1, 0.15) is 26.7 Å². The van der Waals surface area contributed by atoms with E-state index >= 15 is 0 Å². The predicted octanol–water partition coefficient (Wildman–Crippen LogP) is 3.27. The van der Waals surface area contributed by atoms with Crippen LogP contribution in [0.4, 0.5) is 5.69 Å². The highest BCUT2D eigenvalue weighted by Crippen LogP contribution is 2.14. The minimum Gasteiger partial charge on any atom is -0.385 e. The summed E-state index contributed by atoms with van der Waals surface area (Å²) in [7, 11) is 0. The summed E-state index contributed by atoms with van der Waals surface area (Å²) >= 11 is 5.79. The summed E-state index contributed by atoms with van der Waals surface area (Å²) in [5, 5.41) is 4.10. The minimum atomic E-state index is -0.0678. The molecule has 0 saturated carbocycles. The summed E-state index contributed by atoms with van der Waals surface area (Å²) < 4.78 is 0. The molecule has 0 aliphatic carbocycles. The van der Waals surface area contributed by atoms with Gasteiger partial charge in [0.2, 0.25) is 0 Å². The van der Waals surface area contributed by atoms with Gasteiger partial charge in [0.05, 0.1) is 0 Å². The first-order valence-electron chi connectivity index (χ1n) is 5.26. The van der Waals surface area contributed by atoms with Gasteiger partial charge >= 0.3 is 0 Å². The van der Waals surface area contributed by atoms with Crippen LogP contribution >= 0.6 is 11.6 Å². The fraction of sp³-hybridized carbons (Fsp3) is 0.500. The van der Waals surface area contributed by atoms with Crippen LogP contribution in [0.25, 0.3) is 0 Å². The molecule has 15 heavy (non-hydrogen) atoms. The van der Waals surface area contributed by atoms with E-state index in [1.54, 1.807) is 0 Å². The number of nitrogens with one attached hydrogen (secondary N) is 1. The lowest BCUT2D eigenvalue weighted by Crippen LogP contribution is -2.32. The van der Waals surface area contributed by atoms with Crippen LogP contribution in [0, 0.1) is 0 Å². The molecule has 0 saturated heterocycles. The van der Waals surface area contributed by atoms with Crippen molar-refractivity contribution in [3.63, 3.8) is 0 Å². The molecule has 0 aromatic heterocycles. The maximum Gasteiger partial charge on any atom is 0.0407 e. The molecule has 0 fully saturated rings. The number of halogens is 1. The zero-order valence-corrected chi connectivity index (χ0v) is 10.1. The maximum atomic E-state index is 5.89. The van der Waals surface area contributed by atoms with E-state index in [0.717, 1.165) is 30.1 Å². The Bertz CT molecular complexity index is 287. The molecule has 1 aromatic carbocycles. The Morgan fingerprint density at radius 1 is 1.27 bits per heavy atom. The third-order valence-corrected chi connectivity index (χ3v) is 2.42. The molecule has 0 heterocycles. The van der Waals surface area contributed by atoms with E-state index < -0.39 is 0 Å². The molecule has 2 nitrogen and oxygen atoms in total. The van der Waals surface area contributed by atoms with E-state index in [-0.39, 0.29) is 5.54 Å². The van der Waals surface area contributed by atoms with Gasteiger partial charge in [-0.15, -0.1) is 0 Å². The first kappa shape index (κ1) is 12.3. The summed E-state index contributed by atoms with van der Waals surface area (Å²) in [5.74, 6) is 0. The van der Waals surface area contributed by atoms with Crippen LogP contribution in [-0.2, 0) is 0 Å². The average Bonchev–Trinajstić information content (AvgIpc) is 2.14. The molecule has 0 aliphatic heterocycles. The standard InChI is InChI=1S/C12H19ClN2/c1-12(2,14)8-3-9-15-11-6-4-10(13)5-7-11/h4-7,15H,3,8-9,14H2,1-2H3. The molecule has 1 rings (SSSR count). The van der Waals surface area contributed by atoms with E-state index in [9.17, 15) is 0 Å². The molecule has 0 spiro atoms. The molecule has 3 heteroatoms. The zero-order valence-electron chi connectivity index (χ0n) is 9.39. The molecule has 0 atom stereocenters. The van der Waals surface area contributed by atoms with Crippen LogP contribution in [-0.4, -0.2) is 12.1 Å². The average molecular weight is 227 g/mol. The van der Waals surface area contributed by atoms with E-state index in [1.165, 1.54) is 0 Å². The van der Waals surface area contributed by atoms with E-state index in [2.05, 4.69) is 19.2 Å². The highest BCUT2D eigenvalue weighted by molar-refractivity contribution is 6.30. The Labute approximate surface area is 96.8 Å². The highest BCUT2D eigenvalue weighted by Gasteiger charge is 2.08. The molecular weight excluding hydrogens is 208 g/mol. The fourth-order valence-electron chi connectivity index (χ4n) is 1.34. The Morgan fingerprint density at radius 3 is 2.40 bits per heavy atom. The third kappa shape index (κ3) is 5.65. The second-order valence-electron chi connectivity index (χ2n) is 4.53. The van der Waals surface area contributed by atoms with Crippen molar-refractivity contribution in [2.24, 2.45) is 5.73 Å². The largest absolute Gasteiger partial charge is 0.385 e. The van der Waals surface area contributed by atoms with Gasteiger partial charge in [-0.1, -0.05) is 11.6 Å². The zero-order chi connectivity index (χ0) is 11.3. The molecule has 0 unspecified atom stereocenters. The second-order valence-corrected chi connectivity index (χ2v) is 4.96. The molecular formula is C12H19ClN2. The number of nitrogens with two attached hydrogens (primary N) is 1. The van der Waals surface area contributed by atoms with Crippen LogP contribution < -0.4 is 11.1 Å². The molecule has 0 radical (unpaired) electrons. The highest BCUT2D eigenvalue weighted by atomic mass is 35.5. The SMILES string of the molecule is CC(C)(N)CCCNc1ccc(Cl)cc1. The van der Waals surface area contributed by atoms with Gasteiger partial charge in [0, 0.05) is 22.8 Å². The molecule has 84 valence electrons. The Kier molecular flexibility index (Phi) is 4.43. The lowest BCUT2D eigenvalue weighted by Gasteiger charge is -2.18. The molecule has 0 amide bonds. The smallest absolute Gasteiger partial charge is 0.0407 e. The van der Waals surface area contributed by atoms with E-state index in [4.69, 9.17) is 17.3 Å². The van der Waals surface area contributed by atoms with Crippen LogP contribution in [0.2, 0.25) is 5.02 Å². The topological polar surface area (TPSA) is 38.0 Å². The molecule has 0 bridgehead atoms. The first-order valence-corrected chi connectivity index (χ1v) is 5.63. The number of hydrogen-bond donors (Lipinski definition) is 2. The summed E-state index contributed by atoms with van der Waals surface area (Å²) in [6, 6.07) is 7.74. The minimum absolute atomic E-state index is 0.0678. The quantitative estimate of drug-likeness (QED) is 0.757. The number of hydrogen-bond acceptors (Lipinski definition) is 2. The van der Waals surface area contributed by atoms with Crippen LogP contribution in [0.15, 0.2) is 24.3 Å². The Hall–Kier alpha value is -0.730. The van der Waals surface area contributed by atoms with Crippen molar-refractivity contribution in [2.45, 2.75) is 32.2 Å². The predicted molar refractivity (Wildman–Crippen MR) is 67.4 cm³/mol. The Morgan fingerprint density at radius 2 is 1.87 bits per heavy atom. The van der Waals surface area contributed by atoms with Crippen molar-refractivity contribution in [3.05, 3.63) is 29.3 Å². The van der Waals surface area contributed by atoms with Gasteiger partial charge in [0.25, 0.3) is 0 Å². The fourth-order valence-corrected chi connectivity index (χ4v) is 1.47. The van der Waals surface area contributed by atoms with Crippen molar-refractivity contribution in [2.75, 3.05) is 11.9 Å². The van der Waals surface area contributed by atoms with Crippen LogP contribution in [0.3, 0.4) is 0 Å². The normalized spacial score (nSPS) is 11.5. The Balaban J connectivity index is 2.23. The van der Waals surface area contributed by atoms with Crippen molar-refractivity contribution < 1.29 is 0 Å². The number of anilines is 1. The summed E-state index contributed by atoms with van der Waals surface area (Å²) in [6.07, 6.45) is 2.10. The van der Waals surface area contributed by atoms with Crippen molar-refractivity contribution in [1.29, 1.82) is 0 Å². The second kappa shape index (κ2) is 5.38. The monoisotopic (exact) mass is 226 g/mol. The first-order chi connectivity index (χ1) is 6.97. The van der Waals surface area contributed by atoms with Gasteiger partial charge in [-0.05, 0) is 51.0 Å². The maximum absolute atomic E-state index is 5.89. The van der Waals surface area contributed by atoms with Gasteiger partial charge in [0.15, 0.2) is 0 Å². The lowest BCUT2D eigenvalue weighted by atomic mass is 10.0. The van der Waals surface area contributed by atoms with Crippen molar-refractivity contribution in [3.8, 4) is 0 Å². The van der Waals surface area contributed by atoms with Gasteiger partial charge in [-0.2, -0.15) is 0 Å². The van der Waals surface area contributed by atoms with E-state index in [0.29, 0.717) is 0 Å². The van der Waals surface area contributed by atoms with Crippen molar-refractivity contribution >= 4 is 17.3 Å². The molecule has 0 aliphatic rings. The van der Waals surface area contributed by atoms with Gasteiger partial charge < -0.3 is 11.1 Å².